The molecule has 0 fully saturated rings. The Hall–Kier alpha value is -3.09. The molecule has 1 aliphatic rings. The minimum absolute atomic E-state index is 0.0450. The Bertz CT molecular complexity index is 1210. The number of hydrogen-bond donors (Lipinski definition) is 2. The molecule has 1 heterocycles. The minimum Gasteiger partial charge on any atom is -0.455 e. The van der Waals surface area contributed by atoms with Crippen LogP contribution in [0.15, 0.2) is 27.7 Å². The number of hydrogen-bond acceptors (Lipinski definition) is 4. The topological polar surface area (TPSA) is 83.7 Å². The molecule has 0 aliphatic heterocycles. The lowest BCUT2D eigenvalue weighted by atomic mass is 9.93. The third-order valence-electron chi connectivity index (χ3n) is 5.31. The van der Waals surface area contributed by atoms with Crippen LogP contribution in [0.1, 0.15) is 45.8 Å². The van der Waals surface area contributed by atoms with Crippen molar-refractivity contribution in [1.29, 1.82) is 0 Å². The number of carbonyl (C=O) groups is 2. The summed E-state index contributed by atoms with van der Waals surface area (Å²) in [7, 11) is 0. The number of fused-ring (bicyclic) bond motifs is 1. The number of carbonyl (C=O) groups excluding carboxylic acids is 2. The number of rotatable bonds is 5. The normalized spacial score (nSPS) is 15.7. The SMILES string of the molecule is Cc1ccc(Cl)cc1NC(=O)c1oc2c(c1C)/C(=N/NC(=O)C(F)(F)C(F)(F)C(F)(F)F)CCC2. The van der Waals surface area contributed by atoms with Gasteiger partial charge in [-0.05, 0) is 44.4 Å². The second-order valence-electron chi connectivity index (χ2n) is 7.77. The first-order chi connectivity index (χ1) is 16.1. The number of benzene rings is 1. The van der Waals surface area contributed by atoms with Gasteiger partial charge in [0.1, 0.15) is 5.76 Å². The Morgan fingerprint density at radius 2 is 1.71 bits per heavy atom. The molecule has 0 spiro atoms. The highest BCUT2D eigenvalue weighted by Gasteiger charge is 2.76. The quantitative estimate of drug-likeness (QED) is 0.381. The Morgan fingerprint density at radius 1 is 1.06 bits per heavy atom. The van der Waals surface area contributed by atoms with Crippen LogP contribution in [0.25, 0.3) is 0 Å². The summed E-state index contributed by atoms with van der Waals surface area (Å²) in [6.45, 7) is 3.16. The van der Waals surface area contributed by atoms with Gasteiger partial charge in [0.15, 0.2) is 5.76 Å². The van der Waals surface area contributed by atoms with Gasteiger partial charge < -0.3 is 9.73 Å². The summed E-state index contributed by atoms with van der Waals surface area (Å²) in [5.74, 6) is -16.3. The van der Waals surface area contributed by atoms with Gasteiger partial charge in [0, 0.05) is 28.3 Å². The summed E-state index contributed by atoms with van der Waals surface area (Å²) in [6, 6.07) is 4.80. The highest BCUT2D eigenvalue weighted by Crippen LogP contribution is 2.46. The van der Waals surface area contributed by atoms with Crippen molar-refractivity contribution in [3.63, 3.8) is 0 Å². The molecular weight excluding hydrogens is 511 g/mol. The zero-order chi connectivity index (χ0) is 26.3. The predicted molar refractivity (Wildman–Crippen MR) is 111 cm³/mol. The largest absolute Gasteiger partial charge is 0.460 e. The van der Waals surface area contributed by atoms with Crippen LogP contribution < -0.4 is 10.7 Å². The second-order valence-corrected chi connectivity index (χ2v) is 8.20. The van der Waals surface area contributed by atoms with E-state index in [0.717, 1.165) is 5.43 Å². The van der Waals surface area contributed by atoms with E-state index >= 15 is 0 Å². The number of anilines is 1. The monoisotopic (exact) mass is 527 g/mol. The fraction of sp³-hybridized carbons (Fsp3) is 0.381. The first-order valence-electron chi connectivity index (χ1n) is 9.97. The third kappa shape index (κ3) is 4.86. The van der Waals surface area contributed by atoms with Crippen LogP contribution in [0.4, 0.5) is 36.4 Å². The van der Waals surface area contributed by atoms with Gasteiger partial charge in [-0.25, -0.2) is 5.43 Å². The van der Waals surface area contributed by atoms with Crippen LogP contribution in [-0.4, -0.2) is 35.5 Å². The lowest BCUT2D eigenvalue weighted by Gasteiger charge is -2.26. The molecule has 35 heavy (non-hydrogen) atoms. The van der Waals surface area contributed by atoms with E-state index in [1.807, 2.05) is 0 Å². The van der Waals surface area contributed by atoms with Crippen LogP contribution in [0.3, 0.4) is 0 Å². The van der Waals surface area contributed by atoms with Crippen molar-refractivity contribution in [2.75, 3.05) is 5.32 Å². The molecule has 2 N–H and O–H groups in total. The molecule has 1 aliphatic carbocycles. The van der Waals surface area contributed by atoms with E-state index in [0.29, 0.717) is 29.1 Å². The molecule has 3 rings (SSSR count). The van der Waals surface area contributed by atoms with Crippen LogP contribution in [-0.2, 0) is 11.2 Å². The third-order valence-corrected chi connectivity index (χ3v) is 5.54. The number of amides is 2. The highest BCUT2D eigenvalue weighted by molar-refractivity contribution is 6.31. The zero-order valence-electron chi connectivity index (χ0n) is 18.0. The fourth-order valence-electron chi connectivity index (χ4n) is 3.41. The average Bonchev–Trinajstić information content (AvgIpc) is 3.10. The Balaban J connectivity index is 1.87. The number of alkyl halides is 7. The summed E-state index contributed by atoms with van der Waals surface area (Å²) in [5.41, 5.74) is 2.43. The number of halogens is 8. The van der Waals surface area contributed by atoms with Gasteiger partial charge in [-0.3, -0.25) is 9.59 Å². The molecule has 1 aromatic carbocycles. The minimum atomic E-state index is -6.66. The molecule has 2 aromatic rings. The second kappa shape index (κ2) is 9.17. The molecular formula is C21H17ClF7N3O3. The Kier molecular flexibility index (Phi) is 6.95. The first-order valence-corrected chi connectivity index (χ1v) is 10.3. The van der Waals surface area contributed by atoms with Crippen molar-refractivity contribution in [3.05, 3.63) is 51.4 Å². The molecule has 0 saturated heterocycles. The van der Waals surface area contributed by atoms with Crippen LogP contribution >= 0.6 is 11.6 Å². The molecule has 6 nitrogen and oxygen atoms in total. The summed E-state index contributed by atoms with van der Waals surface area (Å²) >= 11 is 5.94. The molecule has 0 saturated carbocycles. The molecule has 190 valence electrons. The van der Waals surface area contributed by atoms with Gasteiger partial charge >= 0.3 is 23.9 Å². The molecule has 14 heteroatoms. The summed E-state index contributed by atoms with van der Waals surface area (Å²) in [6.07, 6.45) is -6.00. The zero-order valence-corrected chi connectivity index (χ0v) is 18.8. The number of nitrogens with zero attached hydrogens (tertiary/aromatic N) is 1. The number of hydrazone groups is 1. The first kappa shape index (κ1) is 26.5. The lowest BCUT2D eigenvalue weighted by Crippen LogP contribution is -2.58. The van der Waals surface area contributed by atoms with E-state index in [-0.39, 0.29) is 34.8 Å². The van der Waals surface area contributed by atoms with Gasteiger partial charge in [0.05, 0.1) is 5.71 Å². The van der Waals surface area contributed by atoms with Crippen molar-refractivity contribution in [3.8, 4) is 0 Å². The van der Waals surface area contributed by atoms with E-state index < -0.39 is 29.8 Å². The molecule has 0 unspecified atom stereocenters. The van der Waals surface area contributed by atoms with Gasteiger partial charge in [-0.1, -0.05) is 17.7 Å². The lowest BCUT2D eigenvalue weighted by molar-refractivity contribution is -0.344. The maximum Gasteiger partial charge on any atom is 0.460 e. The predicted octanol–water partition coefficient (Wildman–Crippen LogP) is 5.79. The van der Waals surface area contributed by atoms with E-state index in [2.05, 4.69) is 10.4 Å². The molecule has 0 atom stereocenters. The van der Waals surface area contributed by atoms with E-state index in [1.165, 1.54) is 13.0 Å². The standard InChI is InChI=1S/C21H17ClF7N3O3/c1-9-6-7-11(22)8-13(9)30-17(33)16-10(2)15-12(4-3-5-14(15)35-16)31-32-18(34)19(23,24)20(25,26)21(27,28)29/h6-8H,3-5H2,1-2H3,(H,30,33)(H,32,34)/b31-12+. The van der Waals surface area contributed by atoms with Gasteiger partial charge in [-0.15, -0.1) is 0 Å². The molecule has 0 radical (unpaired) electrons. The van der Waals surface area contributed by atoms with Gasteiger partial charge in [0.2, 0.25) is 0 Å². The van der Waals surface area contributed by atoms with Crippen molar-refractivity contribution < 1.29 is 44.7 Å². The van der Waals surface area contributed by atoms with E-state index in [4.69, 9.17) is 16.0 Å². The van der Waals surface area contributed by atoms with Crippen LogP contribution in [0, 0.1) is 13.8 Å². The maximum atomic E-state index is 13.6. The average molecular weight is 528 g/mol. The Morgan fingerprint density at radius 3 is 2.34 bits per heavy atom. The van der Waals surface area contributed by atoms with Crippen molar-refractivity contribution in [1.82, 2.24) is 5.43 Å². The number of nitrogens with one attached hydrogen (secondary N) is 2. The number of furan rings is 1. The van der Waals surface area contributed by atoms with Crippen molar-refractivity contribution in [2.24, 2.45) is 5.10 Å². The van der Waals surface area contributed by atoms with E-state index in [1.54, 1.807) is 19.1 Å². The van der Waals surface area contributed by atoms with E-state index in [9.17, 15) is 40.3 Å². The summed E-state index contributed by atoms with van der Waals surface area (Å²) in [4.78, 5) is 24.3. The highest BCUT2D eigenvalue weighted by atomic mass is 35.5. The molecule has 1 aromatic heterocycles. The van der Waals surface area contributed by atoms with Gasteiger partial charge in [-0.2, -0.15) is 35.8 Å². The smallest absolute Gasteiger partial charge is 0.455 e. The Labute approximate surface area is 198 Å². The summed E-state index contributed by atoms with van der Waals surface area (Å²) in [5, 5.41) is 6.33. The van der Waals surface area contributed by atoms with Crippen LogP contribution in [0.5, 0.6) is 0 Å². The van der Waals surface area contributed by atoms with Crippen LogP contribution in [0.2, 0.25) is 5.02 Å². The summed E-state index contributed by atoms with van der Waals surface area (Å²) < 4.78 is 95.9. The van der Waals surface area contributed by atoms with Gasteiger partial charge in [0.25, 0.3) is 5.91 Å². The van der Waals surface area contributed by atoms with Crippen molar-refractivity contribution >= 4 is 34.8 Å². The van der Waals surface area contributed by atoms with Crippen molar-refractivity contribution in [2.45, 2.75) is 51.1 Å². The number of aryl methyl sites for hydroxylation is 2. The molecule has 0 bridgehead atoms. The fourth-order valence-corrected chi connectivity index (χ4v) is 3.59. The maximum absolute atomic E-state index is 13.6. The molecule has 2 amide bonds.